The highest BCUT2D eigenvalue weighted by molar-refractivity contribution is 5.81. The largest absolute Gasteiger partial charge is 0.354 e. The molecule has 20 heavy (non-hydrogen) atoms. The Hall–Kier alpha value is -1.93. The molecule has 2 N–H and O–H groups in total. The van der Waals surface area contributed by atoms with Crippen LogP contribution in [-0.2, 0) is 11.3 Å². The molecule has 4 nitrogen and oxygen atoms in total. The molecule has 108 valence electrons. The van der Waals surface area contributed by atoms with Crippen molar-refractivity contribution in [1.82, 2.24) is 10.6 Å². The van der Waals surface area contributed by atoms with Crippen molar-refractivity contribution >= 4 is 5.91 Å². The maximum Gasteiger partial charge on any atom is 0.236 e. The van der Waals surface area contributed by atoms with E-state index in [2.05, 4.69) is 10.6 Å². The van der Waals surface area contributed by atoms with Crippen molar-refractivity contribution in [2.75, 3.05) is 6.54 Å². The van der Waals surface area contributed by atoms with Gasteiger partial charge < -0.3 is 10.6 Å². The van der Waals surface area contributed by atoms with E-state index in [4.69, 9.17) is 5.26 Å². The first-order chi connectivity index (χ1) is 9.42. The van der Waals surface area contributed by atoms with Crippen molar-refractivity contribution < 1.29 is 9.18 Å². The molecular formula is C15H20FN3O. The van der Waals surface area contributed by atoms with Crippen LogP contribution in [0.1, 0.15) is 31.9 Å². The summed E-state index contributed by atoms with van der Waals surface area (Å²) in [5.74, 6) is -0.138. The zero-order valence-corrected chi connectivity index (χ0v) is 12.0. The predicted molar refractivity (Wildman–Crippen MR) is 75.3 cm³/mol. The van der Waals surface area contributed by atoms with Gasteiger partial charge in [-0.15, -0.1) is 0 Å². The van der Waals surface area contributed by atoms with Crippen LogP contribution < -0.4 is 10.6 Å². The van der Waals surface area contributed by atoms with Crippen LogP contribution in [0.2, 0.25) is 0 Å². The number of amides is 1. The van der Waals surface area contributed by atoms with E-state index < -0.39 is 5.82 Å². The molecule has 1 rings (SSSR count). The van der Waals surface area contributed by atoms with Gasteiger partial charge in [0.1, 0.15) is 5.82 Å². The van der Waals surface area contributed by atoms with Crippen LogP contribution in [0.4, 0.5) is 4.39 Å². The number of nitriles is 1. The lowest BCUT2D eigenvalue weighted by Crippen LogP contribution is -2.42. The van der Waals surface area contributed by atoms with E-state index in [1.54, 1.807) is 13.0 Å². The first-order valence-electron chi connectivity index (χ1n) is 6.63. The Balaban J connectivity index is 2.52. The Labute approximate surface area is 119 Å². The van der Waals surface area contributed by atoms with Crippen molar-refractivity contribution in [2.24, 2.45) is 5.92 Å². The van der Waals surface area contributed by atoms with Gasteiger partial charge in [-0.2, -0.15) is 5.26 Å². The fourth-order valence-corrected chi connectivity index (χ4v) is 1.64. The van der Waals surface area contributed by atoms with E-state index in [0.717, 1.165) is 0 Å². The third kappa shape index (κ3) is 5.37. The number of hydrogen-bond donors (Lipinski definition) is 2. The molecule has 1 atom stereocenters. The summed E-state index contributed by atoms with van der Waals surface area (Å²) in [5, 5.41) is 14.6. The van der Waals surface area contributed by atoms with Gasteiger partial charge in [-0.1, -0.05) is 13.8 Å². The molecular weight excluding hydrogens is 257 g/mol. The second-order valence-corrected chi connectivity index (χ2v) is 5.20. The first kappa shape index (κ1) is 16.1. The van der Waals surface area contributed by atoms with Crippen molar-refractivity contribution in [2.45, 2.75) is 33.4 Å². The van der Waals surface area contributed by atoms with Gasteiger partial charge in [0.15, 0.2) is 0 Å². The quantitative estimate of drug-likeness (QED) is 0.835. The summed E-state index contributed by atoms with van der Waals surface area (Å²) in [6, 6.07) is 5.67. The third-order valence-corrected chi connectivity index (χ3v) is 2.78. The van der Waals surface area contributed by atoms with Gasteiger partial charge in [-0.3, -0.25) is 4.79 Å². The molecule has 0 saturated carbocycles. The zero-order valence-electron chi connectivity index (χ0n) is 12.0. The smallest absolute Gasteiger partial charge is 0.236 e. The number of carbonyl (C=O) groups is 1. The Morgan fingerprint density at radius 2 is 2.05 bits per heavy atom. The molecule has 1 aromatic rings. The van der Waals surface area contributed by atoms with E-state index in [-0.39, 0.29) is 17.5 Å². The van der Waals surface area contributed by atoms with E-state index in [9.17, 15) is 9.18 Å². The fourth-order valence-electron chi connectivity index (χ4n) is 1.64. The van der Waals surface area contributed by atoms with Gasteiger partial charge in [0.25, 0.3) is 0 Å². The Bertz CT molecular complexity index is 508. The summed E-state index contributed by atoms with van der Waals surface area (Å²) < 4.78 is 13.2. The summed E-state index contributed by atoms with van der Waals surface area (Å²) in [6.07, 6.45) is 0. The lowest BCUT2D eigenvalue weighted by Gasteiger charge is -2.15. The van der Waals surface area contributed by atoms with Gasteiger partial charge in [-0.05, 0) is 36.6 Å². The minimum atomic E-state index is -0.447. The van der Waals surface area contributed by atoms with E-state index in [0.29, 0.717) is 24.6 Å². The van der Waals surface area contributed by atoms with Crippen molar-refractivity contribution in [3.63, 3.8) is 0 Å². The zero-order chi connectivity index (χ0) is 15.1. The van der Waals surface area contributed by atoms with Crippen LogP contribution in [0.25, 0.3) is 0 Å². The van der Waals surface area contributed by atoms with E-state index in [1.807, 2.05) is 19.9 Å². The maximum absolute atomic E-state index is 13.2. The van der Waals surface area contributed by atoms with Gasteiger partial charge in [-0.25, -0.2) is 4.39 Å². The van der Waals surface area contributed by atoms with Crippen molar-refractivity contribution in [3.05, 3.63) is 35.1 Å². The second kappa shape index (κ2) is 7.61. The molecule has 0 fully saturated rings. The number of nitrogens with zero attached hydrogens (tertiary/aromatic N) is 1. The number of carbonyl (C=O) groups excluding carboxylic acids is 1. The SMILES string of the molecule is CC(C)CNC(=O)C(C)NCc1cc(F)cc(C#N)c1. The highest BCUT2D eigenvalue weighted by Crippen LogP contribution is 2.08. The average molecular weight is 277 g/mol. The van der Waals surface area contributed by atoms with Gasteiger partial charge in [0, 0.05) is 13.1 Å². The van der Waals surface area contributed by atoms with Crippen LogP contribution in [-0.4, -0.2) is 18.5 Å². The fraction of sp³-hybridized carbons (Fsp3) is 0.467. The highest BCUT2D eigenvalue weighted by Gasteiger charge is 2.12. The Morgan fingerprint density at radius 1 is 1.35 bits per heavy atom. The molecule has 1 unspecified atom stereocenters. The standard InChI is InChI=1S/C15H20FN3O/c1-10(2)8-19-15(20)11(3)18-9-13-4-12(7-17)5-14(16)6-13/h4-6,10-11,18H,8-9H2,1-3H3,(H,19,20). The lowest BCUT2D eigenvalue weighted by molar-refractivity contribution is -0.122. The maximum atomic E-state index is 13.2. The van der Waals surface area contributed by atoms with Crippen LogP contribution in [0, 0.1) is 23.1 Å². The number of nitrogens with one attached hydrogen (secondary N) is 2. The molecule has 0 bridgehead atoms. The molecule has 0 aliphatic rings. The molecule has 0 aliphatic heterocycles. The molecule has 0 saturated heterocycles. The van der Waals surface area contributed by atoms with Crippen LogP contribution >= 0.6 is 0 Å². The monoisotopic (exact) mass is 277 g/mol. The first-order valence-corrected chi connectivity index (χ1v) is 6.63. The summed E-state index contributed by atoms with van der Waals surface area (Å²) in [6.45, 7) is 6.76. The molecule has 1 aromatic carbocycles. The summed E-state index contributed by atoms with van der Waals surface area (Å²) in [5.41, 5.74) is 0.920. The van der Waals surface area contributed by atoms with Gasteiger partial charge >= 0.3 is 0 Å². The second-order valence-electron chi connectivity index (χ2n) is 5.20. The van der Waals surface area contributed by atoms with Gasteiger partial charge in [0.05, 0.1) is 17.7 Å². The molecule has 0 heterocycles. The highest BCUT2D eigenvalue weighted by atomic mass is 19.1. The number of hydrogen-bond acceptors (Lipinski definition) is 3. The molecule has 5 heteroatoms. The number of halogens is 1. The van der Waals surface area contributed by atoms with Crippen molar-refractivity contribution in [3.8, 4) is 6.07 Å². The molecule has 0 aliphatic carbocycles. The van der Waals surface area contributed by atoms with Crippen LogP contribution in [0.15, 0.2) is 18.2 Å². The topological polar surface area (TPSA) is 64.9 Å². The Morgan fingerprint density at radius 3 is 2.65 bits per heavy atom. The summed E-state index contributed by atoms with van der Waals surface area (Å²) in [4.78, 5) is 11.8. The van der Waals surface area contributed by atoms with Crippen LogP contribution in [0.3, 0.4) is 0 Å². The average Bonchev–Trinajstić information content (AvgIpc) is 2.41. The summed E-state index contributed by atoms with van der Waals surface area (Å²) >= 11 is 0. The summed E-state index contributed by atoms with van der Waals surface area (Å²) in [7, 11) is 0. The normalized spacial score (nSPS) is 12.0. The minimum Gasteiger partial charge on any atom is -0.354 e. The van der Waals surface area contributed by atoms with Gasteiger partial charge in [0.2, 0.25) is 5.91 Å². The lowest BCUT2D eigenvalue weighted by atomic mass is 10.1. The minimum absolute atomic E-state index is 0.0874. The number of rotatable bonds is 6. The molecule has 0 aromatic heterocycles. The molecule has 1 amide bonds. The van der Waals surface area contributed by atoms with E-state index >= 15 is 0 Å². The van der Waals surface area contributed by atoms with E-state index in [1.165, 1.54) is 12.1 Å². The third-order valence-electron chi connectivity index (χ3n) is 2.78. The predicted octanol–water partition coefficient (Wildman–Crippen LogP) is 1.95. The Kier molecular flexibility index (Phi) is 6.13. The van der Waals surface area contributed by atoms with Crippen molar-refractivity contribution in [1.29, 1.82) is 5.26 Å². The van der Waals surface area contributed by atoms with Crippen LogP contribution in [0.5, 0.6) is 0 Å². The number of benzene rings is 1. The molecule has 0 spiro atoms. The molecule has 0 radical (unpaired) electrons.